The van der Waals surface area contributed by atoms with Gasteiger partial charge < -0.3 is 10.4 Å². The van der Waals surface area contributed by atoms with Crippen LogP contribution in [0.1, 0.15) is 41.9 Å². The zero-order chi connectivity index (χ0) is 23.5. The van der Waals surface area contributed by atoms with E-state index in [1.54, 1.807) is 0 Å². The summed E-state index contributed by atoms with van der Waals surface area (Å²) in [5.74, 6) is 0.250. The molecule has 0 fully saturated rings. The van der Waals surface area contributed by atoms with E-state index in [2.05, 4.69) is 58.7 Å². The van der Waals surface area contributed by atoms with E-state index in [0.29, 0.717) is 23.9 Å². The van der Waals surface area contributed by atoms with E-state index in [1.165, 1.54) is 11.1 Å². The van der Waals surface area contributed by atoms with E-state index in [4.69, 9.17) is 11.6 Å². The van der Waals surface area contributed by atoms with Gasteiger partial charge in [-0.3, -0.25) is 9.69 Å². The van der Waals surface area contributed by atoms with Crippen molar-refractivity contribution in [3.63, 3.8) is 0 Å². The molecule has 3 aromatic carbocycles. The molecule has 0 aliphatic heterocycles. The normalized spacial score (nSPS) is 12.2. The summed E-state index contributed by atoms with van der Waals surface area (Å²) in [6, 6.07) is 28.2. The minimum Gasteiger partial charge on any atom is -0.396 e. The van der Waals surface area contributed by atoms with Gasteiger partial charge in [0.25, 0.3) is 0 Å². The topological polar surface area (TPSA) is 52.6 Å². The predicted octanol–water partition coefficient (Wildman–Crippen LogP) is 5.25. The first-order valence-electron chi connectivity index (χ1n) is 11.5. The van der Waals surface area contributed by atoms with Gasteiger partial charge in [-0.15, -0.1) is 0 Å². The van der Waals surface area contributed by atoms with Crippen LogP contribution in [0.25, 0.3) is 0 Å². The zero-order valence-corrected chi connectivity index (χ0v) is 19.9. The van der Waals surface area contributed by atoms with Gasteiger partial charge in [0.2, 0.25) is 5.91 Å². The van der Waals surface area contributed by atoms with E-state index < -0.39 is 0 Å². The van der Waals surface area contributed by atoms with Crippen LogP contribution in [0, 0.1) is 0 Å². The number of likely N-dealkylation sites (N-methyl/N-ethyl adjacent to an activating group) is 1. The Morgan fingerprint density at radius 2 is 1.48 bits per heavy atom. The lowest BCUT2D eigenvalue weighted by atomic mass is 9.87. The number of hydrogen-bond acceptors (Lipinski definition) is 3. The van der Waals surface area contributed by atoms with Crippen molar-refractivity contribution in [2.45, 2.75) is 37.8 Å². The third kappa shape index (κ3) is 7.71. The number of nitrogens with zero attached hydrogens (tertiary/aromatic N) is 1. The molecule has 0 radical (unpaired) electrons. The highest BCUT2D eigenvalue weighted by Crippen LogP contribution is 2.29. The summed E-state index contributed by atoms with van der Waals surface area (Å²) in [5, 5.41) is 13.2. The molecule has 4 nitrogen and oxygen atoms in total. The maximum atomic E-state index is 12.9. The van der Waals surface area contributed by atoms with Crippen LogP contribution in [0.15, 0.2) is 84.9 Å². The minimum absolute atomic E-state index is 0.0278. The van der Waals surface area contributed by atoms with Crippen LogP contribution in [0.5, 0.6) is 0 Å². The number of amides is 1. The van der Waals surface area contributed by atoms with Crippen LogP contribution in [0.4, 0.5) is 0 Å². The molecule has 0 heterocycles. The number of rotatable bonds is 12. The van der Waals surface area contributed by atoms with Crippen molar-refractivity contribution < 1.29 is 9.90 Å². The first kappa shape index (κ1) is 25.0. The third-order valence-electron chi connectivity index (χ3n) is 6.02. The Morgan fingerprint density at radius 1 is 0.909 bits per heavy atom. The molecule has 3 rings (SSSR count). The average Bonchev–Trinajstić information content (AvgIpc) is 2.85. The van der Waals surface area contributed by atoms with Gasteiger partial charge in [0.15, 0.2) is 0 Å². The Bertz CT molecular complexity index is 925. The molecule has 33 heavy (non-hydrogen) atoms. The summed E-state index contributed by atoms with van der Waals surface area (Å²) in [6.45, 7) is 1.19. The molecule has 0 aliphatic rings. The molecule has 0 saturated carbocycles. The molecular formula is C28H33ClN2O2. The fourth-order valence-electron chi connectivity index (χ4n) is 4.18. The Kier molecular flexibility index (Phi) is 9.95. The number of carbonyl (C=O) groups is 1. The zero-order valence-electron chi connectivity index (χ0n) is 19.2. The van der Waals surface area contributed by atoms with E-state index in [9.17, 15) is 9.90 Å². The highest BCUT2D eigenvalue weighted by atomic mass is 35.5. The molecule has 5 heteroatoms. The lowest BCUT2D eigenvalue weighted by Crippen LogP contribution is -2.45. The quantitative estimate of drug-likeness (QED) is 0.385. The summed E-state index contributed by atoms with van der Waals surface area (Å²) in [5.41, 5.74) is 3.60. The average molecular weight is 465 g/mol. The summed E-state index contributed by atoms with van der Waals surface area (Å²) in [6.07, 6.45) is 2.33. The van der Waals surface area contributed by atoms with Gasteiger partial charge in [0.05, 0.1) is 6.04 Å². The third-order valence-corrected chi connectivity index (χ3v) is 6.28. The molecule has 0 spiro atoms. The second kappa shape index (κ2) is 13.1. The molecule has 0 saturated heterocycles. The first-order valence-corrected chi connectivity index (χ1v) is 11.9. The Balaban J connectivity index is 1.58. The van der Waals surface area contributed by atoms with Crippen molar-refractivity contribution in [3.05, 3.63) is 107 Å². The molecule has 0 aliphatic carbocycles. The lowest BCUT2D eigenvalue weighted by molar-refractivity contribution is -0.126. The van der Waals surface area contributed by atoms with Crippen molar-refractivity contribution in [1.82, 2.24) is 10.2 Å². The van der Waals surface area contributed by atoms with Crippen LogP contribution in [0.2, 0.25) is 5.02 Å². The van der Waals surface area contributed by atoms with Gasteiger partial charge in [-0.05, 0) is 61.7 Å². The summed E-state index contributed by atoms with van der Waals surface area (Å²) < 4.78 is 0. The van der Waals surface area contributed by atoms with E-state index in [-0.39, 0.29) is 18.6 Å². The number of halogens is 1. The van der Waals surface area contributed by atoms with Crippen LogP contribution in [-0.2, 0) is 11.3 Å². The van der Waals surface area contributed by atoms with Gasteiger partial charge in [0, 0.05) is 24.1 Å². The lowest BCUT2D eigenvalue weighted by Gasteiger charge is -2.27. The van der Waals surface area contributed by atoms with Crippen LogP contribution < -0.4 is 5.32 Å². The molecule has 1 amide bonds. The molecule has 3 aromatic rings. The maximum absolute atomic E-state index is 12.9. The Morgan fingerprint density at radius 3 is 2.03 bits per heavy atom. The molecule has 2 N–H and O–H groups in total. The molecule has 174 valence electrons. The first-order chi connectivity index (χ1) is 16.1. The van der Waals surface area contributed by atoms with Gasteiger partial charge in [0.1, 0.15) is 0 Å². The van der Waals surface area contributed by atoms with Crippen molar-refractivity contribution in [2.24, 2.45) is 0 Å². The molecule has 0 aromatic heterocycles. The van der Waals surface area contributed by atoms with E-state index in [1.807, 2.05) is 43.4 Å². The number of carbonyl (C=O) groups excluding carboxylic acids is 1. The molecular weight excluding hydrogens is 432 g/mol. The fraction of sp³-hybridized carbons (Fsp3) is 0.321. The summed E-state index contributed by atoms with van der Waals surface area (Å²) in [4.78, 5) is 14.9. The highest BCUT2D eigenvalue weighted by molar-refractivity contribution is 6.30. The SMILES string of the molecule is CN(CCCC(c1ccccc1)c1ccccc1)C(CCO)C(=O)NCc1ccc(Cl)cc1. The number of aliphatic hydroxyl groups excluding tert-OH is 1. The Labute approximate surface area is 202 Å². The molecule has 1 atom stereocenters. The molecule has 1 unspecified atom stereocenters. The van der Waals surface area contributed by atoms with Crippen LogP contribution >= 0.6 is 11.6 Å². The van der Waals surface area contributed by atoms with Crippen molar-refractivity contribution in [1.29, 1.82) is 0 Å². The summed E-state index contributed by atoms with van der Waals surface area (Å²) in [7, 11) is 1.96. The molecule has 0 bridgehead atoms. The van der Waals surface area contributed by atoms with Gasteiger partial charge in [-0.1, -0.05) is 84.4 Å². The number of hydrogen-bond donors (Lipinski definition) is 2. The predicted molar refractivity (Wildman–Crippen MR) is 135 cm³/mol. The van der Waals surface area contributed by atoms with Crippen molar-refractivity contribution in [2.75, 3.05) is 20.2 Å². The maximum Gasteiger partial charge on any atom is 0.237 e. The second-order valence-corrected chi connectivity index (χ2v) is 8.81. The van der Waals surface area contributed by atoms with E-state index >= 15 is 0 Å². The van der Waals surface area contributed by atoms with Gasteiger partial charge >= 0.3 is 0 Å². The fourth-order valence-corrected chi connectivity index (χ4v) is 4.31. The summed E-state index contributed by atoms with van der Waals surface area (Å²) >= 11 is 5.93. The second-order valence-electron chi connectivity index (χ2n) is 8.37. The number of aliphatic hydroxyl groups is 1. The largest absolute Gasteiger partial charge is 0.396 e. The Hall–Kier alpha value is -2.66. The van der Waals surface area contributed by atoms with Crippen molar-refractivity contribution in [3.8, 4) is 0 Å². The minimum atomic E-state index is -0.366. The number of nitrogens with one attached hydrogen (secondary N) is 1. The smallest absolute Gasteiger partial charge is 0.237 e. The van der Waals surface area contributed by atoms with Crippen LogP contribution in [0.3, 0.4) is 0 Å². The van der Waals surface area contributed by atoms with Gasteiger partial charge in [-0.2, -0.15) is 0 Å². The number of benzene rings is 3. The van der Waals surface area contributed by atoms with Gasteiger partial charge in [-0.25, -0.2) is 0 Å². The standard InChI is InChI=1S/C28H33ClN2O2/c1-31(27(18-20-32)28(33)30-21-22-14-16-25(29)17-15-22)19-8-13-26(23-9-4-2-5-10-23)24-11-6-3-7-12-24/h2-7,9-12,14-17,26-27,32H,8,13,18-21H2,1H3,(H,30,33). The van der Waals surface area contributed by atoms with E-state index in [0.717, 1.165) is 24.9 Å². The van der Waals surface area contributed by atoms with Crippen LogP contribution in [-0.4, -0.2) is 42.2 Å². The highest BCUT2D eigenvalue weighted by Gasteiger charge is 2.23. The van der Waals surface area contributed by atoms with Crippen molar-refractivity contribution >= 4 is 17.5 Å². The monoisotopic (exact) mass is 464 g/mol.